The van der Waals surface area contributed by atoms with Crippen LogP contribution in [0.3, 0.4) is 0 Å². The van der Waals surface area contributed by atoms with Crippen LogP contribution in [0.4, 0.5) is 0 Å². The molecule has 2 aromatic rings. The van der Waals surface area contributed by atoms with Crippen LogP contribution in [0.25, 0.3) is 0 Å². The molecule has 2 rings (SSSR count). The molecule has 0 radical (unpaired) electrons. The predicted molar refractivity (Wildman–Crippen MR) is 79.6 cm³/mol. The summed E-state index contributed by atoms with van der Waals surface area (Å²) >= 11 is 0. The lowest BCUT2D eigenvalue weighted by Crippen LogP contribution is -2.22. The van der Waals surface area contributed by atoms with E-state index >= 15 is 0 Å². The Hall–Kier alpha value is -2.56. The largest absolute Gasteiger partial charge is 0.494 e. The van der Waals surface area contributed by atoms with Crippen molar-refractivity contribution in [2.24, 2.45) is 0 Å². The van der Waals surface area contributed by atoms with Gasteiger partial charge in [-0.2, -0.15) is 0 Å². The fraction of sp³-hybridized carbons (Fsp3) is 0.250. The molecule has 0 fully saturated rings. The average Bonchev–Trinajstić information content (AvgIpc) is 2.54. The maximum atomic E-state index is 12.0. The number of pyridine rings is 1. The van der Waals surface area contributed by atoms with E-state index in [4.69, 9.17) is 9.47 Å². The Bertz CT molecular complexity index is 579. The Morgan fingerprint density at radius 2 is 1.95 bits per heavy atom. The minimum absolute atomic E-state index is 0.131. The normalized spacial score (nSPS) is 10.0. The molecule has 0 aliphatic heterocycles. The Morgan fingerprint density at radius 1 is 1.19 bits per heavy atom. The minimum atomic E-state index is -0.131. The van der Waals surface area contributed by atoms with Crippen molar-refractivity contribution in [3.63, 3.8) is 0 Å². The Balaban J connectivity index is 1.91. The van der Waals surface area contributed by atoms with Crippen molar-refractivity contribution in [3.8, 4) is 11.6 Å². The van der Waals surface area contributed by atoms with Crippen molar-refractivity contribution < 1.29 is 14.3 Å². The first kappa shape index (κ1) is 14.8. The zero-order valence-corrected chi connectivity index (χ0v) is 12.1. The molecule has 1 amide bonds. The van der Waals surface area contributed by atoms with Gasteiger partial charge in [-0.1, -0.05) is 6.07 Å². The highest BCUT2D eigenvalue weighted by Crippen LogP contribution is 2.12. The first-order valence-corrected chi connectivity index (χ1v) is 6.73. The first-order valence-electron chi connectivity index (χ1n) is 6.73. The number of carbonyl (C=O) groups is 1. The third-order valence-corrected chi connectivity index (χ3v) is 2.89. The van der Waals surface area contributed by atoms with E-state index in [1.54, 1.807) is 43.6 Å². The molecule has 5 nitrogen and oxygen atoms in total. The molecule has 0 saturated heterocycles. The number of ether oxygens (including phenoxy) is 2. The van der Waals surface area contributed by atoms with Crippen LogP contribution in [0.1, 0.15) is 22.8 Å². The molecule has 1 aromatic heterocycles. The zero-order valence-electron chi connectivity index (χ0n) is 12.1. The number of hydrogen-bond acceptors (Lipinski definition) is 4. The SMILES string of the molecule is CCOc1ccc(C(=O)NCc2ccc(OC)nc2)cc1. The molecule has 0 aliphatic carbocycles. The van der Waals surface area contributed by atoms with Crippen LogP contribution in [-0.2, 0) is 6.54 Å². The Morgan fingerprint density at radius 3 is 2.52 bits per heavy atom. The molecule has 1 aromatic carbocycles. The van der Waals surface area contributed by atoms with E-state index in [0.717, 1.165) is 11.3 Å². The van der Waals surface area contributed by atoms with Crippen LogP contribution in [0.5, 0.6) is 11.6 Å². The van der Waals surface area contributed by atoms with Gasteiger partial charge >= 0.3 is 0 Å². The number of methoxy groups -OCH3 is 1. The summed E-state index contributed by atoms with van der Waals surface area (Å²) in [6, 6.07) is 10.7. The van der Waals surface area contributed by atoms with Crippen molar-refractivity contribution in [1.82, 2.24) is 10.3 Å². The highest BCUT2D eigenvalue weighted by Gasteiger charge is 2.05. The van der Waals surface area contributed by atoms with Crippen molar-refractivity contribution in [1.29, 1.82) is 0 Å². The molecule has 1 heterocycles. The number of nitrogens with one attached hydrogen (secondary N) is 1. The molecule has 0 atom stereocenters. The molecular formula is C16H18N2O3. The van der Waals surface area contributed by atoms with Crippen molar-refractivity contribution in [2.45, 2.75) is 13.5 Å². The van der Waals surface area contributed by atoms with Crippen molar-refractivity contribution in [3.05, 3.63) is 53.7 Å². The van der Waals surface area contributed by atoms with Crippen molar-refractivity contribution >= 4 is 5.91 Å². The Kier molecular flexibility index (Phi) is 5.15. The first-order chi connectivity index (χ1) is 10.2. The molecule has 21 heavy (non-hydrogen) atoms. The number of carbonyl (C=O) groups excluding carboxylic acids is 1. The van der Waals surface area contributed by atoms with Gasteiger partial charge in [-0.15, -0.1) is 0 Å². The van der Waals surface area contributed by atoms with Gasteiger partial charge in [-0.05, 0) is 36.8 Å². The number of rotatable bonds is 6. The van der Waals surface area contributed by atoms with Gasteiger partial charge in [0.1, 0.15) is 5.75 Å². The summed E-state index contributed by atoms with van der Waals surface area (Å²) in [6.45, 7) is 2.95. The number of hydrogen-bond donors (Lipinski definition) is 1. The molecule has 5 heteroatoms. The van der Waals surface area contributed by atoms with Gasteiger partial charge in [-0.25, -0.2) is 4.98 Å². The summed E-state index contributed by atoms with van der Waals surface area (Å²) in [6.07, 6.45) is 1.68. The fourth-order valence-corrected chi connectivity index (χ4v) is 1.79. The molecule has 110 valence electrons. The van der Waals surface area contributed by atoms with E-state index < -0.39 is 0 Å². The molecule has 0 spiro atoms. The van der Waals surface area contributed by atoms with E-state index in [-0.39, 0.29) is 5.91 Å². The number of benzene rings is 1. The van der Waals surface area contributed by atoms with Gasteiger partial charge in [0.15, 0.2) is 0 Å². The molecule has 1 N–H and O–H groups in total. The van der Waals surface area contributed by atoms with E-state index in [1.165, 1.54) is 0 Å². The maximum Gasteiger partial charge on any atom is 0.251 e. The van der Waals surface area contributed by atoms with Gasteiger partial charge in [-0.3, -0.25) is 4.79 Å². The second kappa shape index (κ2) is 7.28. The van der Waals surface area contributed by atoms with E-state index in [1.807, 2.05) is 13.0 Å². The van der Waals surface area contributed by atoms with Crippen LogP contribution < -0.4 is 14.8 Å². The standard InChI is InChI=1S/C16H18N2O3/c1-3-21-14-7-5-13(6-8-14)16(19)18-11-12-4-9-15(20-2)17-10-12/h4-10H,3,11H2,1-2H3,(H,18,19). The second-order valence-electron chi connectivity index (χ2n) is 4.35. The van der Waals surface area contributed by atoms with Gasteiger partial charge in [0.25, 0.3) is 5.91 Å². The van der Waals surface area contributed by atoms with Crippen LogP contribution >= 0.6 is 0 Å². The smallest absolute Gasteiger partial charge is 0.251 e. The average molecular weight is 286 g/mol. The van der Waals surface area contributed by atoms with Crippen LogP contribution in [0.15, 0.2) is 42.6 Å². The lowest BCUT2D eigenvalue weighted by atomic mass is 10.2. The molecule has 0 saturated carbocycles. The molecule has 0 unspecified atom stereocenters. The zero-order chi connectivity index (χ0) is 15.1. The monoisotopic (exact) mass is 286 g/mol. The lowest BCUT2D eigenvalue weighted by molar-refractivity contribution is 0.0951. The third-order valence-electron chi connectivity index (χ3n) is 2.89. The van der Waals surface area contributed by atoms with Gasteiger partial charge < -0.3 is 14.8 Å². The van der Waals surface area contributed by atoms with Crippen LogP contribution in [-0.4, -0.2) is 24.6 Å². The summed E-state index contributed by atoms with van der Waals surface area (Å²) in [5.74, 6) is 1.18. The lowest BCUT2D eigenvalue weighted by Gasteiger charge is -2.07. The maximum absolute atomic E-state index is 12.0. The van der Waals surface area contributed by atoms with Gasteiger partial charge in [0, 0.05) is 24.4 Å². The van der Waals surface area contributed by atoms with Gasteiger partial charge in [0.2, 0.25) is 5.88 Å². The number of nitrogens with zero attached hydrogens (tertiary/aromatic N) is 1. The number of aromatic nitrogens is 1. The highest BCUT2D eigenvalue weighted by molar-refractivity contribution is 5.94. The summed E-state index contributed by atoms with van der Waals surface area (Å²) in [5, 5.41) is 2.84. The van der Waals surface area contributed by atoms with E-state index in [0.29, 0.717) is 24.6 Å². The minimum Gasteiger partial charge on any atom is -0.494 e. The van der Waals surface area contributed by atoms with Crippen LogP contribution in [0, 0.1) is 0 Å². The van der Waals surface area contributed by atoms with Crippen molar-refractivity contribution in [2.75, 3.05) is 13.7 Å². The summed E-state index contributed by atoms with van der Waals surface area (Å²) in [5.41, 5.74) is 1.51. The molecular weight excluding hydrogens is 268 g/mol. The topological polar surface area (TPSA) is 60.5 Å². The van der Waals surface area contributed by atoms with Gasteiger partial charge in [0.05, 0.1) is 13.7 Å². The molecule has 0 bridgehead atoms. The highest BCUT2D eigenvalue weighted by atomic mass is 16.5. The summed E-state index contributed by atoms with van der Waals surface area (Å²) in [7, 11) is 1.57. The summed E-state index contributed by atoms with van der Waals surface area (Å²) < 4.78 is 10.3. The Labute approximate surface area is 123 Å². The van der Waals surface area contributed by atoms with Crippen LogP contribution in [0.2, 0.25) is 0 Å². The third kappa shape index (κ3) is 4.21. The summed E-state index contributed by atoms with van der Waals surface area (Å²) in [4.78, 5) is 16.1. The quantitative estimate of drug-likeness (QED) is 0.886. The predicted octanol–water partition coefficient (Wildman–Crippen LogP) is 2.42. The number of amides is 1. The van der Waals surface area contributed by atoms with E-state index in [2.05, 4.69) is 10.3 Å². The van der Waals surface area contributed by atoms with E-state index in [9.17, 15) is 4.79 Å². The molecule has 0 aliphatic rings. The fourth-order valence-electron chi connectivity index (χ4n) is 1.79. The second-order valence-corrected chi connectivity index (χ2v) is 4.35.